The summed E-state index contributed by atoms with van der Waals surface area (Å²) in [5.74, 6) is -0.302. The number of nitrogens with one attached hydrogen (secondary N) is 1. The van der Waals surface area contributed by atoms with E-state index < -0.39 is 0 Å². The zero-order valence-electron chi connectivity index (χ0n) is 8.95. The minimum Gasteiger partial charge on any atom is -0.322 e. The third-order valence-corrected chi connectivity index (χ3v) is 3.68. The summed E-state index contributed by atoms with van der Waals surface area (Å²) in [6, 6.07) is 8.36. The van der Waals surface area contributed by atoms with E-state index in [0.717, 1.165) is 0 Å². The van der Waals surface area contributed by atoms with Crippen LogP contribution in [0.5, 0.6) is 0 Å². The van der Waals surface area contributed by atoms with Crippen LogP contribution in [0.25, 0.3) is 0 Å². The highest BCUT2D eigenvalue weighted by molar-refractivity contribution is 9.10. The van der Waals surface area contributed by atoms with Crippen molar-refractivity contribution in [1.82, 2.24) is 4.98 Å². The molecular weight excluding hydrogens is 339 g/mol. The minimum atomic E-state index is -0.302. The number of pyridine rings is 1. The number of carbonyl (C=O) groups excluding carboxylic acids is 1. The second-order valence-corrected chi connectivity index (χ2v) is 5.04. The number of hydrogen-bond acceptors (Lipinski definition) is 2. The van der Waals surface area contributed by atoms with Gasteiger partial charge in [-0.3, -0.25) is 4.79 Å². The summed E-state index contributed by atoms with van der Waals surface area (Å²) in [7, 11) is 0. The van der Waals surface area contributed by atoms with Gasteiger partial charge in [0.15, 0.2) is 0 Å². The zero-order valence-corrected chi connectivity index (χ0v) is 12.1. The molecule has 0 aliphatic rings. The van der Waals surface area contributed by atoms with E-state index in [-0.39, 0.29) is 5.91 Å². The highest BCUT2D eigenvalue weighted by atomic mass is 79.9. The molecule has 0 fully saturated rings. The van der Waals surface area contributed by atoms with Crippen molar-refractivity contribution in [3.63, 3.8) is 0 Å². The van der Waals surface area contributed by atoms with Crippen molar-refractivity contribution >= 4 is 50.7 Å². The largest absolute Gasteiger partial charge is 0.322 e. The van der Waals surface area contributed by atoms with Crippen LogP contribution in [0.4, 0.5) is 5.69 Å². The van der Waals surface area contributed by atoms with Gasteiger partial charge in [-0.15, -0.1) is 0 Å². The third-order valence-electron chi connectivity index (χ3n) is 2.18. The first-order chi connectivity index (χ1) is 8.58. The third kappa shape index (κ3) is 3.02. The minimum absolute atomic E-state index is 0.302. The number of nitrogens with zero attached hydrogens (tertiary/aromatic N) is 1. The normalized spacial score (nSPS) is 10.2. The van der Waals surface area contributed by atoms with Crippen LogP contribution in [0.15, 0.2) is 41.0 Å². The number of amides is 1. The SMILES string of the molecule is O=C(Nc1ccnc(Cl)c1)c1cccc(Br)c1Cl. The molecule has 0 saturated heterocycles. The number of benzene rings is 1. The van der Waals surface area contributed by atoms with E-state index in [2.05, 4.69) is 26.2 Å². The molecule has 2 rings (SSSR count). The van der Waals surface area contributed by atoms with Crippen LogP contribution in [-0.4, -0.2) is 10.9 Å². The summed E-state index contributed by atoms with van der Waals surface area (Å²) in [5.41, 5.74) is 0.954. The van der Waals surface area contributed by atoms with Gasteiger partial charge in [0.2, 0.25) is 0 Å². The fourth-order valence-electron chi connectivity index (χ4n) is 1.36. The maximum atomic E-state index is 12.0. The Morgan fingerprint density at radius 3 is 2.78 bits per heavy atom. The van der Waals surface area contributed by atoms with Crippen LogP contribution in [0.1, 0.15) is 10.4 Å². The fraction of sp³-hybridized carbons (Fsp3) is 0. The second kappa shape index (κ2) is 5.69. The van der Waals surface area contributed by atoms with Crippen LogP contribution in [0.2, 0.25) is 10.2 Å². The first-order valence-electron chi connectivity index (χ1n) is 4.95. The molecule has 0 aliphatic carbocycles. The summed E-state index contributed by atoms with van der Waals surface area (Å²) in [5, 5.41) is 3.38. The summed E-state index contributed by atoms with van der Waals surface area (Å²) < 4.78 is 0.671. The van der Waals surface area contributed by atoms with E-state index in [1.807, 2.05) is 0 Å². The Kier molecular flexibility index (Phi) is 4.22. The lowest BCUT2D eigenvalue weighted by atomic mass is 10.2. The monoisotopic (exact) mass is 344 g/mol. The van der Waals surface area contributed by atoms with Crippen molar-refractivity contribution in [3.05, 3.63) is 56.7 Å². The van der Waals surface area contributed by atoms with Gasteiger partial charge in [-0.2, -0.15) is 0 Å². The van der Waals surface area contributed by atoms with Crippen molar-refractivity contribution in [2.45, 2.75) is 0 Å². The summed E-state index contributed by atoms with van der Waals surface area (Å²) in [6.45, 7) is 0. The average molecular weight is 346 g/mol. The maximum Gasteiger partial charge on any atom is 0.257 e. The van der Waals surface area contributed by atoms with Crippen molar-refractivity contribution in [2.24, 2.45) is 0 Å². The second-order valence-electron chi connectivity index (χ2n) is 3.42. The van der Waals surface area contributed by atoms with E-state index in [1.165, 1.54) is 6.20 Å². The van der Waals surface area contributed by atoms with Crippen LogP contribution in [0.3, 0.4) is 0 Å². The first kappa shape index (κ1) is 13.3. The van der Waals surface area contributed by atoms with E-state index in [1.54, 1.807) is 30.3 Å². The molecule has 1 amide bonds. The highest BCUT2D eigenvalue weighted by Gasteiger charge is 2.12. The predicted octanol–water partition coefficient (Wildman–Crippen LogP) is 4.40. The Morgan fingerprint density at radius 2 is 2.06 bits per heavy atom. The van der Waals surface area contributed by atoms with Gasteiger partial charge >= 0.3 is 0 Å². The fourth-order valence-corrected chi connectivity index (χ4v) is 2.11. The molecule has 2 aromatic rings. The molecule has 1 N–H and O–H groups in total. The number of rotatable bonds is 2. The van der Waals surface area contributed by atoms with Crippen molar-refractivity contribution in [1.29, 1.82) is 0 Å². The van der Waals surface area contributed by atoms with Crippen LogP contribution in [-0.2, 0) is 0 Å². The van der Waals surface area contributed by atoms with Crippen LogP contribution >= 0.6 is 39.1 Å². The topological polar surface area (TPSA) is 42.0 Å². The molecule has 3 nitrogen and oxygen atoms in total. The lowest BCUT2D eigenvalue weighted by Crippen LogP contribution is -2.12. The molecule has 0 bridgehead atoms. The maximum absolute atomic E-state index is 12.0. The number of aromatic nitrogens is 1. The molecule has 6 heteroatoms. The Balaban J connectivity index is 2.25. The van der Waals surface area contributed by atoms with E-state index >= 15 is 0 Å². The average Bonchev–Trinajstić information content (AvgIpc) is 2.32. The van der Waals surface area contributed by atoms with Gasteiger partial charge in [-0.25, -0.2) is 4.98 Å². The predicted molar refractivity (Wildman–Crippen MR) is 76.4 cm³/mol. The Bertz CT molecular complexity index is 604. The standard InChI is InChI=1S/C12H7BrCl2N2O/c13-9-3-1-2-8(11(9)15)12(18)17-7-4-5-16-10(14)6-7/h1-6H,(H,16,17,18). The highest BCUT2D eigenvalue weighted by Crippen LogP contribution is 2.26. The van der Waals surface area contributed by atoms with E-state index in [4.69, 9.17) is 23.2 Å². The molecule has 0 atom stereocenters. The van der Waals surface area contributed by atoms with Gasteiger partial charge in [-0.05, 0) is 40.2 Å². The summed E-state index contributed by atoms with van der Waals surface area (Å²) >= 11 is 15.0. The summed E-state index contributed by atoms with van der Waals surface area (Å²) in [6.07, 6.45) is 1.51. The zero-order chi connectivity index (χ0) is 13.1. The molecule has 1 aromatic carbocycles. The number of hydrogen-bond donors (Lipinski definition) is 1. The number of halogens is 3. The molecule has 1 aromatic heterocycles. The lowest BCUT2D eigenvalue weighted by Gasteiger charge is -2.07. The first-order valence-corrected chi connectivity index (χ1v) is 6.50. The molecule has 0 aliphatic heterocycles. The number of carbonyl (C=O) groups is 1. The number of anilines is 1. The molecule has 0 radical (unpaired) electrons. The van der Waals surface area contributed by atoms with Crippen molar-refractivity contribution < 1.29 is 4.79 Å². The summed E-state index contributed by atoms with van der Waals surface area (Å²) in [4.78, 5) is 15.9. The van der Waals surface area contributed by atoms with E-state index in [9.17, 15) is 4.79 Å². The quantitative estimate of drug-likeness (QED) is 0.819. The molecule has 1 heterocycles. The molecule has 0 unspecified atom stereocenters. The Hall–Kier alpha value is -1.10. The van der Waals surface area contributed by atoms with Gasteiger partial charge in [0.05, 0.1) is 10.6 Å². The molecular formula is C12H7BrCl2N2O. The van der Waals surface area contributed by atoms with E-state index in [0.29, 0.717) is 25.9 Å². The lowest BCUT2D eigenvalue weighted by molar-refractivity contribution is 0.102. The Labute approximate surface area is 122 Å². The molecule has 92 valence electrons. The van der Waals surface area contributed by atoms with Gasteiger partial charge in [0.1, 0.15) is 5.15 Å². The Morgan fingerprint density at radius 1 is 1.28 bits per heavy atom. The molecule has 0 saturated carbocycles. The van der Waals surface area contributed by atoms with Gasteiger partial charge in [0, 0.05) is 16.4 Å². The van der Waals surface area contributed by atoms with Crippen molar-refractivity contribution in [2.75, 3.05) is 5.32 Å². The van der Waals surface area contributed by atoms with Crippen molar-refractivity contribution in [3.8, 4) is 0 Å². The van der Waals surface area contributed by atoms with Crippen LogP contribution in [0, 0.1) is 0 Å². The van der Waals surface area contributed by atoms with Gasteiger partial charge in [0.25, 0.3) is 5.91 Å². The van der Waals surface area contributed by atoms with Crippen LogP contribution < -0.4 is 5.32 Å². The molecule has 0 spiro atoms. The smallest absolute Gasteiger partial charge is 0.257 e. The van der Waals surface area contributed by atoms with Gasteiger partial charge in [-0.1, -0.05) is 29.3 Å². The molecule has 18 heavy (non-hydrogen) atoms. The van der Waals surface area contributed by atoms with Gasteiger partial charge < -0.3 is 5.32 Å².